The molecular weight excluding hydrogens is 180 g/mol. The zero-order valence-electron chi connectivity index (χ0n) is 8.60. The van der Waals surface area contributed by atoms with Crippen molar-refractivity contribution in [3.63, 3.8) is 0 Å². The fraction of sp³-hybridized carbons (Fsp3) is 0.400. The van der Waals surface area contributed by atoms with Crippen LogP contribution in [0.1, 0.15) is 18.5 Å². The number of nitrogens with zero attached hydrogens (tertiary/aromatic N) is 2. The topological polar surface area (TPSA) is 46.4 Å². The number of nitro groups is 1. The molecule has 0 heterocycles. The summed E-state index contributed by atoms with van der Waals surface area (Å²) in [5.41, 5.74) is 1.11. The molecule has 0 aromatic heterocycles. The Morgan fingerprint density at radius 1 is 1.43 bits per heavy atom. The lowest BCUT2D eigenvalue weighted by Crippen LogP contribution is -2.16. The van der Waals surface area contributed by atoms with Gasteiger partial charge in [-0.25, -0.2) is 0 Å². The third-order valence-corrected chi connectivity index (χ3v) is 2.34. The van der Waals surface area contributed by atoms with Crippen LogP contribution in [0, 0.1) is 10.1 Å². The van der Waals surface area contributed by atoms with E-state index in [-0.39, 0.29) is 16.7 Å². The first-order valence-corrected chi connectivity index (χ1v) is 4.43. The maximum Gasteiger partial charge on any atom is 0.269 e. The minimum absolute atomic E-state index is 0.149. The maximum absolute atomic E-state index is 10.5. The maximum atomic E-state index is 10.5. The molecule has 0 spiro atoms. The predicted octanol–water partition coefficient (Wildman–Crippen LogP) is 2.22. The summed E-state index contributed by atoms with van der Waals surface area (Å²) in [4.78, 5) is 12.2. The lowest BCUT2D eigenvalue weighted by atomic mass is 10.1. The van der Waals surface area contributed by atoms with E-state index in [1.165, 1.54) is 6.07 Å². The van der Waals surface area contributed by atoms with Gasteiger partial charge in [0.25, 0.3) is 5.69 Å². The van der Waals surface area contributed by atoms with Crippen LogP contribution in [-0.4, -0.2) is 23.9 Å². The van der Waals surface area contributed by atoms with Gasteiger partial charge in [0.15, 0.2) is 0 Å². The number of rotatable bonds is 3. The van der Waals surface area contributed by atoms with Crippen molar-refractivity contribution < 1.29 is 4.92 Å². The summed E-state index contributed by atoms with van der Waals surface area (Å²) in [5.74, 6) is 0. The van der Waals surface area contributed by atoms with Crippen molar-refractivity contribution in [2.75, 3.05) is 14.1 Å². The minimum atomic E-state index is -0.369. The molecule has 0 saturated heterocycles. The summed E-state index contributed by atoms with van der Waals surface area (Å²) >= 11 is 0. The van der Waals surface area contributed by atoms with Gasteiger partial charge in [-0.15, -0.1) is 0 Å². The molecule has 1 atom stereocenters. The first-order valence-electron chi connectivity index (χ1n) is 4.43. The van der Waals surface area contributed by atoms with E-state index < -0.39 is 0 Å². The number of hydrogen-bond acceptors (Lipinski definition) is 3. The predicted molar refractivity (Wildman–Crippen MR) is 55.2 cm³/mol. The SMILES string of the molecule is CC(c1cccc([N+](=O)[O-])c1)N(C)C. The summed E-state index contributed by atoms with van der Waals surface area (Å²) in [6.07, 6.45) is 0. The third-order valence-electron chi connectivity index (χ3n) is 2.34. The zero-order valence-corrected chi connectivity index (χ0v) is 8.60. The van der Waals surface area contributed by atoms with E-state index in [1.807, 2.05) is 32.0 Å². The van der Waals surface area contributed by atoms with Gasteiger partial charge in [-0.2, -0.15) is 0 Å². The van der Waals surface area contributed by atoms with E-state index in [0.29, 0.717) is 0 Å². The van der Waals surface area contributed by atoms with Gasteiger partial charge >= 0.3 is 0 Å². The number of benzene rings is 1. The molecular formula is C10H14N2O2. The lowest BCUT2D eigenvalue weighted by molar-refractivity contribution is -0.384. The third kappa shape index (κ3) is 2.29. The summed E-state index contributed by atoms with van der Waals surface area (Å²) in [5, 5.41) is 10.5. The van der Waals surface area contributed by atoms with Gasteiger partial charge in [-0.05, 0) is 26.6 Å². The van der Waals surface area contributed by atoms with E-state index in [4.69, 9.17) is 0 Å². The minimum Gasteiger partial charge on any atom is -0.303 e. The van der Waals surface area contributed by atoms with E-state index in [9.17, 15) is 10.1 Å². The Kier molecular flexibility index (Phi) is 3.19. The quantitative estimate of drug-likeness (QED) is 0.547. The number of nitro benzene ring substituents is 1. The first kappa shape index (κ1) is 10.7. The van der Waals surface area contributed by atoms with Crippen LogP contribution in [0.2, 0.25) is 0 Å². The molecule has 0 fully saturated rings. The van der Waals surface area contributed by atoms with Crippen molar-refractivity contribution in [2.24, 2.45) is 0 Å². The fourth-order valence-corrected chi connectivity index (χ4v) is 1.20. The number of non-ortho nitro benzene ring substituents is 1. The van der Waals surface area contributed by atoms with Gasteiger partial charge in [0.2, 0.25) is 0 Å². The van der Waals surface area contributed by atoms with Crippen molar-refractivity contribution >= 4 is 5.69 Å². The molecule has 0 amide bonds. The molecule has 1 unspecified atom stereocenters. The van der Waals surface area contributed by atoms with E-state index >= 15 is 0 Å². The summed E-state index contributed by atoms with van der Waals surface area (Å²) in [6, 6.07) is 6.93. The van der Waals surface area contributed by atoms with E-state index in [1.54, 1.807) is 12.1 Å². The highest BCUT2D eigenvalue weighted by Gasteiger charge is 2.11. The Morgan fingerprint density at radius 3 is 2.57 bits per heavy atom. The normalized spacial score (nSPS) is 12.9. The lowest BCUT2D eigenvalue weighted by Gasteiger charge is -2.19. The highest BCUT2D eigenvalue weighted by atomic mass is 16.6. The fourth-order valence-electron chi connectivity index (χ4n) is 1.20. The molecule has 0 N–H and O–H groups in total. The zero-order chi connectivity index (χ0) is 10.7. The van der Waals surface area contributed by atoms with E-state index in [2.05, 4.69) is 0 Å². The van der Waals surface area contributed by atoms with Gasteiger partial charge in [0, 0.05) is 18.2 Å². The molecule has 0 saturated carbocycles. The highest BCUT2D eigenvalue weighted by molar-refractivity contribution is 5.35. The van der Waals surface area contributed by atoms with Gasteiger partial charge in [-0.3, -0.25) is 10.1 Å². The van der Waals surface area contributed by atoms with Crippen molar-refractivity contribution in [2.45, 2.75) is 13.0 Å². The van der Waals surface area contributed by atoms with Crippen molar-refractivity contribution in [3.05, 3.63) is 39.9 Å². The average molecular weight is 194 g/mol. The van der Waals surface area contributed by atoms with Crippen LogP contribution in [0.3, 0.4) is 0 Å². The second-order valence-electron chi connectivity index (χ2n) is 3.49. The summed E-state index contributed by atoms with van der Waals surface area (Å²) in [6.45, 7) is 2.01. The highest BCUT2D eigenvalue weighted by Crippen LogP contribution is 2.21. The van der Waals surface area contributed by atoms with Crippen LogP contribution in [0.25, 0.3) is 0 Å². The molecule has 1 aromatic rings. The Morgan fingerprint density at radius 2 is 2.07 bits per heavy atom. The van der Waals surface area contributed by atoms with Crippen molar-refractivity contribution in [1.82, 2.24) is 4.90 Å². The molecule has 1 aromatic carbocycles. The van der Waals surface area contributed by atoms with Gasteiger partial charge in [0.1, 0.15) is 0 Å². The Hall–Kier alpha value is -1.42. The molecule has 76 valence electrons. The van der Waals surface area contributed by atoms with Crippen LogP contribution >= 0.6 is 0 Å². The van der Waals surface area contributed by atoms with Crippen LogP contribution in [0.15, 0.2) is 24.3 Å². The van der Waals surface area contributed by atoms with Gasteiger partial charge in [-0.1, -0.05) is 12.1 Å². The largest absolute Gasteiger partial charge is 0.303 e. The second-order valence-corrected chi connectivity index (χ2v) is 3.49. The standard InChI is InChI=1S/C10H14N2O2/c1-8(11(2)3)9-5-4-6-10(7-9)12(13)14/h4-8H,1-3H3. The molecule has 0 radical (unpaired) electrons. The van der Waals surface area contributed by atoms with E-state index in [0.717, 1.165) is 5.56 Å². The Labute approximate surface area is 83.3 Å². The molecule has 0 bridgehead atoms. The molecule has 0 aliphatic heterocycles. The van der Waals surface area contributed by atoms with Gasteiger partial charge < -0.3 is 4.90 Å². The monoisotopic (exact) mass is 194 g/mol. The Bertz CT molecular complexity index is 337. The first-order chi connectivity index (χ1) is 6.52. The summed E-state index contributed by atoms with van der Waals surface area (Å²) < 4.78 is 0. The van der Waals surface area contributed by atoms with Crippen molar-refractivity contribution in [1.29, 1.82) is 0 Å². The molecule has 4 nitrogen and oxygen atoms in total. The number of hydrogen-bond donors (Lipinski definition) is 0. The summed E-state index contributed by atoms with van der Waals surface area (Å²) in [7, 11) is 3.90. The van der Waals surface area contributed by atoms with Crippen LogP contribution in [0.5, 0.6) is 0 Å². The molecule has 4 heteroatoms. The van der Waals surface area contributed by atoms with Crippen LogP contribution in [0.4, 0.5) is 5.69 Å². The van der Waals surface area contributed by atoms with Crippen LogP contribution in [-0.2, 0) is 0 Å². The van der Waals surface area contributed by atoms with Crippen LogP contribution < -0.4 is 0 Å². The molecule has 1 rings (SSSR count). The van der Waals surface area contributed by atoms with Crippen molar-refractivity contribution in [3.8, 4) is 0 Å². The smallest absolute Gasteiger partial charge is 0.269 e. The van der Waals surface area contributed by atoms with Gasteiger partial charge in [0.05, 0.1) is 4.92 Å². The molecule has 0 aliphatic rings. The molecule has 0 aliphatic carbocycles. The second kappa shape index (κ2) is 4.19. The molecule has 14 heavy (non-hydrogen) atoms. The Balaban J connectivity index is 2.99. The average Bonchev–Trinajstić information content (AvgIpc) is 2.16.